The largest absolute Gasteiger partial charge is 0.414 e. The zero-order valence-electron chi connectivity index (χ0n) is 10.5. The predicted octanol–water partition coefficient (Wildman–Crippen LogP) is 3.51. The van der Waals surface area contributed by atoms with Crippen molar-refractivity contribution >= 4 is 0 Å². The number of rotatable bonds is 4. The van der Waals surface area contributed by atoms with E-state index in [1.54, 1.807) is 12.3 Å². The lowest BCUT2D eigenvalue weighted by Gasteiger charge is -2.14. The molecule has 0 aliphatic heterocycles. The van der Waals surface area contributed by atoms with Crippen LogP contribution < -0.4 is 5.73 Å². The van der Waals surface area contributed by atoms with Crippen LogP contribution in [0.25, 0.3) is 0 Å². The van der Waals surface area contributed by atoms with Crippen LogP contribution in [-0.2, 0) is 6.42 Å². The van der Waals surface area contributed by atoms with E-state index < -0.39 is 11.7 Å². The highest BCUT2D eigenvalue weighted by Gasteiger charge is 2.34. The molecule has 5 heteroatoms. The van der Waals surface area contributed by atoms with Gasteiger partial charge in [0.1, 0.15) is 0 Å². The lowest BCUT2D eigenvalue weighted by Crippen LogP contribution is -2.18. The number of aromatic nitrogens is 1. The summed E-state index contributed by atoms with van der Waals surface area (Å²) in [5.74, 6) is 0. The summed E-state index contributed by atoms with van der Waals surface area (Å²) < 4.78 is 37.9. The number of hydrogen-bond donors (Lipinski definition) is 1. The molecule has 0 unspecified atom stereocenters. The van der Waals surface area contributed by atoms with Crippen molar-refractivity contribution in [1.82, 2.24) is 4.98 Å². The average molecular weight is 258 g/mol. The molecule has 0 radical (unpaired) electrons. The molecular weight excluding hydrogens is 241 g/mol. The number of nitrogens with two attached hydrogens (primary N) is 1. The number of hydrogen-bond acceptors (Lipinski definition) is 2. The Morgan fingerprint density at radius 3 is 2.56 bits per heavy atom. The third kappa shape index (κ3) is 3.75. The minimum absolute atomic E-state index is 0.0757. The Morgan fingerprint density at radius 1 is 1.39 bits per heavy atom. The van der Waals surface area contributed by atoms with Crippen molar-refractivity contribution in [3.05, 3.63) is 40.9 Å². The Hall–Kier alpha value is -1.52. The number of alkyl halides is 3. The van der Waals surface area contributed by atoms with Crippen molar-refractivity contribution in [3.63, 3.8) is 0 Å². The molecule has 0 saturated heterocycles. The smallest absolute Gasteiger partial charge is 0.402 e. The third-order valence-electron chi connectivity index (χ3n) is 2.86. The molecule has 0 bridgehead atoms. The van der Waals surface area contributed by atoms with E-state index in [0.717, 1.165) is 11.3 Å². The van der Waals surface area contributed by atoms with Gasteiger partial charge in [0.15, 0.2) is 0 Å². The van der Waals surface area contributed by atoms with Crippen molar-refractivity contribution in [2.75, 3.05) is 0 Å². The highest BCUT2D eigenvalue weighted by Crippen LogP contribution is 2.30. The van der Waals surface area contributed by atoms with Gasteiger partial charge in [-0.2, -0.15) is 13.2 Å². The van der Waals surface area contributed by atoms with Crippen LogP contribution >= 0.6 is 0 Å². The highest BCUT2D eigenvalue weighted by atomic mass is 19.4. The Balaban J connectivity index is 2.79. The molecule has 1 aromatic heterocycles. The fraction of sp³-hybridized carbons (Fsp3) is 0.462. The quantitative estimate of drug-likeness (QED) is 0.897. The van der Waals surface area contributed by atoms with Gasteiger partial charge in [-0.25, -0.2) is 0 Å². The van der Waals surface area contributed by atoms with Crippen LogP contribution in [0, 0.1) is 6.92 Å². The summed E-state index contributed by atoms with van der Waals surface area (Å²) in [5.41, 5.74) is 6.61. The summed E-state index contributed by atoms with van der Waals surface area (Å²) in [7, 11) is 0. The maximum absolute atomic E-state index is 12.6. The molecule has 0 aliphatic rings. The Kier molecular flexibility index (Phi) is 4.76. The van der Waals surface area contributed by atoms with Crippen LogP contribution in [0.4, 0.5) is 13.2 Å². The predicted molar refractivity (Wildman–Crippen MR) is 64.9 cm³/mol. The number of nitrogens with zero attached hydrogens (tertiary/aromatic N) is 1. The highest BCUT2D eigenvalue weighted by molar-refractivity contribution is 5.22. The first-order valence-electron chi connectivity index (χ1n) is 5.81. The summed E-state index contributed by atoms with van der Waals surface area (Å²) in [5, 5.41) is 0. The molecule has 2 N–H and O–H groups in total. The Bertz CT molecular complexity index is 436. The number of aryl methyl sites for hydroxylation is 2. The first kappa shape index (κ1) is 14.5. The second-order valence-corrected chi connectivity index (χ2v) is 4.10. The second-order valence-electron chi connectivity index (χ2n) is 4.10. The minimum atomic E-state index is -4.33. The fourth-order valence-corrected chi connectivity index (χ4v) is 1.81. The van der Waals surface area contributed by atoms with Gasteiger partial charge in [0, 0.05) is 17.6 Å². The standard InChI is InChI=1S/C13H17F3N2/c1-3-11(13(14,15)16)12(17)7-6-10-5-4-8-18-9(10)2/h4-5,8H,3,6-7,17H2,1-2H3/b12-11+. The van der Waals surface area contributed by atoms with Crippen molar-refractivity contribution in [1.29, 1.82) is 0 Å². The Morgan fingerprint density at radius 2 is 2.06 bits per heavy atom. The molecule has 0 spiro atoms. The molecule has 100 valence electrons. The molecule has 0 amide bonds. The zero-order chi connectivity index (χ0) is 13.8. The van der Waals surface area contributed by atoms with Gasteiger partial charge in [0.25, 0.3) is 0 Å². The van der Waals surface area contributed by atoms with Crippen molar-refractivity contribution < 1.29 is 13.2 Å². The SMILES string of the molecule is CC/C(=C(\N)CCc1cccnc1C)C(F)(F)F. The van der Waals surface area contributed by atoms with E-state index in [4.69, 9.17) is 5.73 Å². The molecule has 18 heavy (non-hydrogen) atoms. The summed E-state index contributed by atoms with van der Waals surface area (Å²) in [6, 6.07) is 3.63. The second kappa shape index (κ2) is 5.89. The molecule has 0 atom stereocenters. The van der Waals surface area contributed by atoms with E-state index >= 15 is 0 Å². The van der Waals surface area contributed by atoms with E-state index in [1.165, 1.54) is 6.92 Å². The van der Waals surface area contributed by atoms with E-state index in [2.05, 4.69) is 4.98 Å². The van der Waals surface area contributed by atoms with Gasteiger partial charge < -0.3 is 5.73 Å². The van der Waals surface area contributed by atoms with Gasteiger partial charge in [0.05, 0.1) is 5.57 Å². The topological polar surface area (TPSA) is 38.9 Å². The number of pyridine rings is 1. The summed E-state index contributed by atoms with van der Waals surface area (Å²) in [6.07, 6.45) is -2.09. The van der Waals surface area contributed by atoms with Crippen LogP contribution in [0.1, 0.15) is 31.0 Å². The molecule has 0 aliphatic carbocycles. The van der Waals surface area contributed by atoms with Crippen molar-refractivity contribution in [2.24, 2.45) is 5.73 Å². The van der Waals surface area contributed by atoms with E-state index in [9.17, 15) is 13.2 Å². The molecular formula is C13H17F3N2. The normalized spacial score (nSPS) is 13.4. The average Bonchev–Trinajstić information content (AvgIpc) is 2.27. The molecule has 0 aromatic carbocycles. The fourth-order valence-electron chi connectivity index (χ4n) is 1.81. The van der Waals surface area contributed by atoms with Gasteiger partial charge in [0.2, 0.25) is 0 Å². The van der Waals surface area contributed by atoms with E-state index in [-0.39, 0.29) is 18.5 Å². The van der Waals surface area contributed by atoms with Crippen LogP contribution in [0.5, 0.6) is 0 Å². The molecule has 0 saturated carbocycles. The maximum atomic E-state index is 12.6. The van der Waals surface area contributed by atoms with E-state index in [1.807, 2.05) is 13.0 Å². The van der Waals surface area contributed by atoms with Gasteiger partial charge in [-0.05, 0) is 37.8 Å². The molecule has 1 heterocycles. The van der Waals surface area contributed by atoms with Gasteiger partial charge in [-0.1, -0.05) is 13.0 Å². The van der Waals surface area contributed by atoms with Crippen molar-refractivity contribution in [2.45, 2.75) is 39.3 Å². The molecule has 1 rings (SSSR count). The molecule has 1 aromatic rings. The first-order valence-corrected chi connectivity index (χ1v) is 5.81. The monoisotopic (exact) mass is 258 g/mol. The first-order chi connectivity index (χ1) is 8.36. The van der Waals surface area contributed by atoms with Crippen LogP contribution in [0.3, 0.4) is 0 Å². The number of halogens is 3. The summed E-state index contributed by atoms with van der Waals surface area (Å²) >= 11 is 0. The zero-order valence-corrected chi connectivity index (χ0v) is 10.5. The van der Waals surface area contributed by atoms with Gasteiger partial charge in [-0.15, -0.1) is 0 Å². The molecule has 0 fully saturated rings. The summed E-state index contributed by atoms with van der Waals surface area (Å²) in [4.78, 5) is 4.09. The van der Waals surface area contributed by atoms with Crippen LogP contribution in [0.2, 0.25) is 0 Å². The Labute approximate surface area is 105 Å². The molecule has 2 nitrogen and oxygen atoms in total. The van der Waals surface area contributed by atoms with Gasteiger partial charge in [-0.3, -0.25) is 4.98 Å². The number of allylic oxidation sites excluding steroid dienone is 2. The third-order valence-corrected chi connectivity index (χ3v) is 2.86. The van der Waals surface area contributed by atoms with Crippen LogP contribution in [-0.4, -0.2) is 11.2 Å². The maximum Gasteiger partial charge on any atom is 0.414 e. The van der Waals surface area contributed by atoms with Gasteiger partial charge >= 0.3 is 6.18 Å². The summed E-state index contributed by atoms with van der Waals surface area (Å²) in [6.45, 7) is 3.30. The van der Waals surface area contributed by atoms with Crippen LogP contribution in [0.15, 0.2) is 29.6 Å². The lowest BCUT2D eigenvalue weighted by atomic mass is 10.0. The lowest BCUT2D eigenvalue weighted by molar-refractivity contribution is -0.0946. The minimum Gasteiger partial charge on any atom is -0.402 e. The van der Waals surface area contributed by atoms with E-state index in [0.29, 0.717) is 6.42 Å². The van der Waals surface area contributed by atoms with Crippen molar-refractivity contribution in [3.8, 4) is 0 Å².